The zero-order valence-corrected chi connectivity index (χ0v) is 12.7. The van der Waals surface area contributed by atoms with Gasteiger partial charge in [0.1, 0.15) is 0 Å². The Bertz CT molecular complexity index is 451. The second-order valence-corrected chi connectivity index (χ2v) is 5.77. The lowest BCUT2D eigenvalue weighted by atomic mass is 10.0. The van der Waals surface area contributed by atoms with Crippen molar-refractivity contribution < 1.29 is 4.79 Å². The molecule has 1 amide bonds. The molecule has 0 aromatic heterocycles. The Balaban J connectivity index is 1.91. The molecule has 1 aromatic rings. The highest BCUT2D eigenvalue weighted by Crippen LogP contribution is 2.21. The quantitative estimate of drug-likeness (QED) is 0.911. The van der Waals surface area contributed by atoms with E-state index in [0.29, 0.717) is 6.04 Å². The number of hydrogen-bond donors (Lipinski definition) is 1. The monoisotopic (exact) mass is 275 g/mol. The molecule has 0 spiro atoms. The maximum atomic E-state index is 11.1. The van der Waals surface area contributed by atoms with Crippen LogP contribution in [0.2, 0.25) is 0 Å². The topological polar surface area (TPSA) is 35.6 Å². The number of rotatable bonds is 4. The van der Waals surface area contributed by atoms with Crippen molar-refractivity contribution in [1.82, 2.24) is 10.2 Å². The van der Waals surface area contributed by atoms with E-state index >= 15 is 0 Å². The number of benzene rings is 1. The van der Waals surface area contributed by atoms with E-state index in [2.05, 4.69) is 53.5 Å². The molecule has 1 fully saturated rings. The summed E-state index contributed by atoms with van der Waals surface area (Å²) in [5.41, 5.74) is 2.66. The van der Waals surface area contributed by atoms with Crippen molar-refractivity contribution in [3.05, 3.63) is 29.8 Å². The molecule has 1 saturated heterocycles. The first-order valence-electron chi connectivity index (χ1n) is 7.31. The Morgan fingerprint density at radius 2 is 1.95 bits per heavy atom. The third kappa shape index (κ3) is 3.97. The van der Waals surface area contributed by atoms with Gasteiger partial charge in [-0.25, -0.2) is 0 Å². The molecule has 2 rings (SSSR count). The van der Waals surface area contributed by atoms with Crippen molar-refractivity contribution in [3.63, 3.8) is 0 Å². The van der Waals surface area contributed by atoms with Crippen molar-refractivity contribution in [2.75, 3.05) is 32.1 Å². The summed E-state index contributed by atoms with van der Waals surface area (Å²) in [6.45, 7) is 4.68. The smallest absolute Gasteiger partial charge is 0.217 e. The number of para-hydroxylation sites is 1. The zero-order chi connectivity index (χ0) is 14.5. The number of nitrogens with one attached hydrogen (secondary N) is 1. The summed E-state index contributed by atoms with van der Waals surface area (Å²) in [6.07, 6.45) is 2.09. The van der Waals surface area contributed by atoms with Crippen molar-refractivity contribution in [2.24, 2.45) is 0 Å². The van der Waals surface area contributed by atoms with Crippen LogP contribution in [0.4, 0.5) is 5.69 Å². The minimum absolute atomic E-state index is 0.0846. The van der Waals surface area contributed by atoms with Crippen molar-refractivity contribution in [2.45, 2.75) is 32.4 Å². The summed E-state index contributed by atoms with van der Waals surface area (Å²) in [6, 6.07) is 8.91. The van der Waals surface area contributed by atoms with Crippen molar-refractivity contribution >= 4 is 11.6 Å². The average molecular weight is 275 g/mol. The Labute approximate surface area is 121 Å². The van der Waals surface area contributed by atoms with Gasteiger partial charge in [0.15, 0.2) is 0 Å². The largest absolute Gasteiger partial charge is 0.377 e. The van der Waals surface area contributed by atoms with Crippen LogP contribution in [0.3, 0.4) is 0 Å². The Morgan fingerprint density at radius 3 is 2.55 bits per heavy atom. The second-order valence-electron chi connectivity index (χ2n) is 5.77. The van der Waals surface area contributed by atoms with Gasteiger partial charge in [-0.15, -0.1) is 0 Å². The molecule has 1 aliphatic heterocycles. The van der Waals surface area contributed by atoms with Crippen LogP contribution in [0.15, 0.2) is 24.3 Å². The SMILES string of the molecule is CC(=O)NC1CCN(Cc2ccccc2N(C)C)CC1. The Kier molecular flexibility index (Phi) is 5.01. The van der Waals surface area contributed by atoms with E-state index in [-0.39, 0.29) is 5.91 Å². The molecule has 0 saturated carbocycles. The highest BCUT2D eigenvalue weighted by Gasteiger charge is 2.20. The number of nitrogens with zero attached hydrogens (tertiary/aromatic N) is 2. The number of carbonyl (C=O) groups is 1. The van der Waals surface area contributed by atoms with Crippen LogP contribution in [-0.4, -0.2) is 44.0 Å². The standard InChI is InChI=1S/C16H25N3O/c1-13(20)17-15-8-10-19(11-9-15)12-14-6-4-5-7-16(14)18(2)3/h4-7,15H,8-12H2,1-3H3,(H,17,20). The highest BCUT2D eigenvalue weighted by molar-refractivity contribution is 5.73. The van der Waals surface area contributed by atoms with Crippen LogP contribution in [0.25, 0.3) is 0 Å². The molecule has 0 atom stereocenters. The van der Waals surface area contributed by atoms with Crippen LogP contribution in [0.5, 0.6) is 0 Å². The maximum absolute atomic E-state index is 11.1. The number of amides is 1. The molecule has 0 aliphatic carbocycles. The van der Waals surface area contributed by atoms with E-state index in [1.165, 1.54) is 11.3 Å². The van der Waals surface area contributed by atoms with Gasteiger partial charge in [-0.1, -0.05) is 18.2 Å². The molecule has 0 unspecified atom stereocenters. The second kappa shape index (κ2) is 6.75. The van der Waals surface area contributed by atoms with E-state index < -0.39 is 0 Å². The Hall–Kier alpha value is -1.55. The van der Waals surface area contributed by atoms with Gasteiger partial charge in [0.2, 0.25) is 5.91 Å². The van der Waals surface area contributed by atoms with Crippen LogP contribution in [0.1, 0.15) is 25.3 Å². The zero-order valence-electron chi connectivity index (χ0n) is 12.7. The first kappa shape index (κ1) is 14.9. The average Bonchev–Trinajstić information content (AvgIpc) is 2.41. The van der Waals surface area contributed by atoms with Gasteiger partial charge in [0.25, 0.3) is 0 Å². The Morgan fingerprint density at radius 1 is 1.30 bits per heavy atom. The third-order valence-corrected chi connectivity index (χ3v) is 3.86. The van der Waals surface area contributed by atoms with E-state index in [0.717, 1.165) is 32.5 Å². The molecule has 4 nitrogen and oxygen atoms in total. The highest BCUT2D eigenvalue weighted by atomic mass is 16.1. The predicted molar refractivity (Wildman–Crippen MR) is 82.9 cm³/mol. The lowest BCUT2D eigenvalue weighted by Crippen LogP contribution is -2.43. The minimum atomic E-state index is 0.0846. The van der Waals surface area contributed by atoms with E-state index in [1.54, 1.807) is 6.92 Å². The maximum Gasteiger partial charge on any atom is 0.217 e. The summed E-state index contributed by atoms with van der Waals surface area (Å²) < 4.78 is 0. The summed E-state index contributed by atoms with van der Waals surface area (Å²) in [5, 5.41) is 3.02. The van der Waals surface area contributed by atoms with Gasteiger partial charge < -0.3 is 10.2 Å². The van der Waals surface area contributed by atoms with Gasteiger partial charge in [0, 0.05) is 52.4 Å². The van der Waals surface area contributed by atoms with Gasteiger partial charge in [-0.05, 0) is 24.5 Å². The van der Waals surface area contributed by atoms with E-state index in [1.807, 2.05) is 0 Å². The van der Waals surface area contributed by atoms with Crippen LogP contribution >= 0.6 is 0 Å². The molecular formula is C16H25N3O. The lowest BCUT2D eigenvalue weighted by molar-refractivity contribution is -0.119. The molecule has 4 heteroatoms. The normalized spacial score (nSPS) is 16.9. The molecule has 1 aromatic carbocycles. The lowest BCUT2D eigenvalue weighted by Gasteiger charge is -2.33. The first-order chi connectivity index (χ1) is 9.56. The van der Waals surface area contributed by atoms with E-state index in [4.69, 9.17) is 0 Å². The number of hydrogen-bond acceptors (Lipinski definition) is 3. The summed E-state index contributed by atoms with van der Waals surface area (Å²) in [5.74, 6) is 0.0846. The minimum Gasteiger partial charge on any atom is -0.377 e. The third-order valence-electron chi connectivity index (χ3n) is 3.86. The summed E-state index contributed by atoms with van der Waals surface area (Å²) in [7, 11) is 4.17. The van der Waals surface area contributed by atoms with E-state index in [9.17, 15) is 4.79 Å². The molecule has 0 bridgehead atoms. The van der Waals surface area contributed by atoms with Crippen LogP contribution in [-0.2, 0) is 11.3 Å². The van der Waals surface area contributed by atoms with Gasteiger partial charge in [-0.2, -0.15) is 0 Å². The molecule has 1 N–H and O–H groups in total. The number of carbonyl (C=O) groups excluding carboxylic acids is 1. The molecule has 110 valence electrons. The molecule has 0 radical (unpaired) electrons. The number of likely N-dealkylation sites (tertiary alicyclic amines) is 1. The molecule has 1 aliphatic rings. The molecular weight excluding hydrogens is 250 g/mol. The summed E-state index contributed by atoms with van der Waals surface area (Å²) >= 11 is 0. The number of piperidine rings is 1. The molecule has 20 heavy (non-hydrogen) atoms. The fourth-order valence-corrected chi connectivity index (χ4v) is 2.84. The molecule has 1 heterocycles. The van der Waals surface area contributed by atoms with Crippen LogP contribution in [0, 0.1) is 0 Å². The van der Waals surface area contributed by atoms with Gasteiger partial charge in [-0.3, -0.25) is 9.69 Å². The summed E-state index contributed by atoms with van der Waals surface area (Å²) in [4.78, 5) is 15.7. The van der Waals surface area contributed by atoms with Crippen molar-refractivity contribution in [3.8, 4) is 0 Å². The number of anilines is 1. The van der Waals surface area contributed by atoms with Crippen molar-refractivity contribution in [1.29, 1.82) is 0 Å². The van der Waals surface area contributed by atoms with Gasteiger partial charge in [0.05, 0.1) is 0 Å². The fourth-order valence-electron chi connectivity index (χ4n) is 2.84. The van der Waals surface area contributed by atoms with Crippen LogP contribution < -0.4 is 10.2 Å². The predicted octanol–water partition coefficient (Wildman–Crippen LogP) is 1.85. The first-order valence-corrected chi connectivity index (χ1v) is 7.31. The fraction of sp³-hybridized carbons (Fsp3) is 0.562. The van der Waals surface area contributed by atoms with Gasteiger partial charge >= 0.3 is 0 Å².